The normalized spacial score (nSPS) is 19.9. The van der Waals surface area contributed by atoms with Gasteiger partial charge in [0.2, 0.25) is 5.95 Å². The first-order chi connectivity index (χ1) is 7.84. The zero-order chi connectivity index (χ0) is 11.0. The van der Waals surface area contributed by atoms with Gasteiger partial charge < -0.3 is 15.4 Å². The van der Waals surface area contributed by atoms with E-state index in [2.05, 4.69) is 14.9 Å². The third-order valence-electron chi connectivity index (χ3n) is 2.89. The molecule has 2 aliphatic heterocycles. The van der Waals surface area contributed by atoms with Gasteiger partial charge in [-0.25, -0.2) is 4.98 Å². The van der Waals surface area contributed by atoms with Crippen LogP contribution < -0.4 is 10.6 Å². The van der Waals surface area contributed by atoms with Gasteiger partial charge in [-0.15, -0.1) is 0 Å². The molecule has 0 atom stereocenters. The van der Waals surface area contributed by atoms with Gasteiger partial charge in [0.05, 0.1) is 18.9 Å². The van der Waals surface area contributed by atoms with E-state index in [1.165, 1.54) is 0 Å². The van der Waals surface area contributed by atoms with Gasteiger partial charge in [-0.3, -0.25) is 0 Å². The van der Waals surface area contributed by atoms with Gasteiger partial charge >= 0.3 is 0 Å². The second-order valence-electron chi connectivity index (χ2n) is 3.93. The average Bonchev–Trinajstić information content (AvgIpc) is 2.79. The number of morpholine rings is 1. The van der Waals surface area contributed by atoms with E-state index >= 15 is 0 Å². The second kappa shape index (κ2) is 4.10. The summed E-state index contributed by atoms with van der Waals surface area (Å²) >= 11 is 1.85. The van der Waals surface area contributed by atoms with Gasteiger partial charge in [0.15, 0.2) is 0 Å². The molecule has 0 spiro atoms. The van der Waals surface area contributed by atoms with Crippen LogP contribution >= 0.6 is 11.8 Å². The highest BCUT2D eigenvalue weighted by molar-refractivity contribution is 7.98. The van der Waals surface area contributed by atoms with E-state index in [1.807, 2.05) is 11.8 Å². The van der Waals surface area contributed by atoms with Crippen LogP contribution in [0.2, 0.25) is 0 Å². The average molecular weight is 238 g/mol. The second-order valence-corrected chi connectivity index (χ2v) is 4.91. The van der Waals surface area contributed by atoms with Crippen LogP contribution in [0.1, 0.15) is 11.3 Å². The Labute approximate surface area is 98.4 Å². The number of thioether (sulfide) groups is 1. The lowest BCUT2D eigenvalue weighted by Gasteiger charge is -2.27. The number of nitrogens with zero attached hydrogens (tertiary/aromatic N) is 3. The van der Waals surface area contributed by atoms with Crippen molar-refractivity contribution in [1.82, 2.24) is 9.97 Å². The molecule has 0 radical (unpaired) electrons. The van der Waals surface area contributed by atoms with Crippen molar-refractivity contribution in [2.45, 2.75) is 11.5 Å². The Morgan fingerprint density at radius 1 is 1.19 bits per heavy atom. The lowest BCUT2D eigenvalue weighted by atomic mass is 10.2. The van der Waals surface area contributed by atoms with Gasteiger partial charge in [0.25, 0.3) is 0 Å². The minimum absolute atomic E-state index is 0.650. The molecule has 0 saturated carbocycles. The topological polar surface area (TPSA) is 64.3 Å². The molecule has 16 heavy (non-hydrogen) atoms. The molecule has 2 N–H and O–H groups in total. The van der Waals surface area contributed by atoms with Crippen LogP contribution in [0.3, 0.4) is 0 Å². The molecule has 0 aliphatic carbocycles. The summed E-state index contributed by atoms with van der Waals surface area (Å²) in [7, 11) is 0. The Bertz CT molecular complexity index is 406. The summed E-state index contributed by atoms with van der Waals surface area (Å²) < 4.78 is 5.31. The molecule has 1 aromatic heterocycles. The SMILES string of the molecule is Nc1nc(N2CCOCC2)nc2c1CSC2. The summed E-state index contributed by atoms with van der Waals surface area (Å²) in [5, 5.41) is 0. The van der Waals surface area contributed by atoms with Gasteiger partial charge in [0.1, 0.15) is 5.82 Å². The summed E-state index contributed by atoms with van der Waals surface area (Å²) in [5.41, 5.74) is 8.19. The van der Waals surface area contributed by atoms with E-state index in [9.17, 15) is 0 Å². The maximum absolute atomic E-state index is 5.96. The molecule has 3 rings (SSSR count). The predicted molar refractivity (Wildman–Crippen MR) is 64.5 cm³/mol. The van der Waals surface area contributed by atoms with Crippen LogP contribution in [-0.2, 0) is 16.2 Å². The van der Waals surface area contributed by atoms with E-state index in [1.54, 1.807) is 0 Å². The molecule has 86 valence electrons. The molecular weight excluding hydrogens is 224 g/mol. The smallest absolute Gasteiger partial charge is 0.227 e. The predicted octanol–water partition coefficient (Wildman–Crippen LogP) is 0.642. The maximum Gasteiger partial charge on any atom is 0.227 e. The number of hydrogen-bond donors (Lipinski definition) is 1. The van der Waals surface area contributed by atoms with Crippen LogP contribution in [0.4, 0.5) is 11.8 Å². The van der Waals surface area contributed by atoms with Crippen LogP contribution in [0.5, 0.6) is 0 Å². The first-order valence-corrected chi connectivity index (χ1v) is 6.56. The minimum Gasteiger partial charge on any atom is -0.383 e. The summed E-state index contributed by atoms with van der Waals surface area (Å²) in [6.45, 7) is 3.20. The molecule has 6 heteroatoms. The number of anilines is 2. The van der Waals surface area contributed by atoms with Gasteiger partial charge in [0, 0.05) is 30.2 Å². The molecule has 0 aromatic carbocycles. The van der Waals surface area contributed by atoms with Crippen molar-refractivity contribution in [2.24, 2.45) is 0 Å². The lowest BCUT2D eigenvalue weighted by molar-refractivity contribution is 0.122. The third-order valence-corrected chi connectivity index (χ3v) is 3.86. The van der Waals surface area contributed by atoms with Gasteiger partial charge in [-0.05, 0) is 0 Å². The Morgan fingerprint density at radius 2 is 2.00 bits per heavy atom. The van der Waals surface area contributed by atoms with E-state index in [0.29, 0.717) is 5.82 Å². The van der Waals surface area contributed by atoms with E-state index < -0.39 is 0 Å². The zero-order valence-electron chi connectivity index (χ0n) is 8.98. The Hall–Kier alpha value is -1.01. The van der Waals surface area contributed by atoms with Crippen LogP contribution in [0, 0.1) is 0 Å². The van der Waals surface area contributed by atoms with Crippen molar-refractivity contribution in [1.29, 1.82) is 0 Å². The Balaban J connectivity index is 1.92. The number of fused-ring (bicyclic) bond motifs is 1. The van der Waals surface area contributed by atoms with E-state index in [4.69, 9.17) is 10.5 Å². The largest absolute Gasteiger partial charge is 0.383 e. The summed E-state index contributed by atoms with van der Waals surface area (Å²) in [4.78, 5) is 11.1. The van der Waals surface area contributed by atoms with E-state index in [-0.39, 0.29) is 0 Å². The molecule has 0 unspecified atom stereocenters. The Kier molecular flexibility index (Phi) is 2.61. The zero-order valence-corrected chi connectivity index (χ0v) is 9.79. The quantitative estimate of drug-likeness (QED) is 0.774. The van der Waals surface area contributed by atoms with Crippen molar-refractivity contribution in [3.8, 4) is 0 Å². The highest BCUT2D eigenvalue weighted by atomic mass is 32.2. The molecule has 2 aliphatic rings. The van der Waals surface area contributed by atoms with E-state index in [0.717, 1.165) is 55.0 Å². The first kappa shape index (κ1) is 10.2. The van der Waals surface area contributed by atoms with Crippen molar-refractivity contribution < 1.29 is 4.74 Å². The van der Waals surface area contributed by atoms with Crippen molar-refractivity contribution in [2.75, 3.05) is 36.9 Å². The Morgan fingerprint density at radius 3 is 2.81 bits per heavy atom. The number of aromatic nitrogens is 2. The maximum atomic E-state index is 5.96. The van der Waals surface area contributed by atoms with Crippen LogP contribution in [-0.4, -0.2) is 36.3 Å². The van der Waals surface area contributed by atoms with Crippen LogP contribution in [0.15, 0.2) is 0 Å². The molecular formula is C10H14N4OS. The molecule has 0 amide bonds. The molecule has 1 aromatic rings. The van der Waals surface area contributed by atoms with Crippen molar-refractivity contribution >= 4 is 23.5 Å². The van der Waals surface area contributed by atoms with Gasteiger partial charge in [-0.1, -0.05) is 0 Å². The third kappa shape index (κ3) is 1.72. The summed E-state index contributed by atoms with van der Waals surface area (Å²) in [6, 6.07) is 0. The van der Waals surface area contributed by atoms with Gasteiger partial charge in [-0.2, -0.15) is 16.7 Å². The summed E-state index contributed by atoms with van der Waals surface area (Å²) in [6.07, 6.45) is 0. The monoisotopic (exact) mass is 238 g/mol. The lowest BCUT2D eigenvalue weighted by Crippen LogP contribution is -2.37. The standard InChI is InChI=1S/C10H14N4OS/c11-9-7-5-16-6-8(7)12-10(13-9)14-1-3-15-4-2-14/h1-6H2,(H2,11,12,13). The fourth-order valence-electron chi connectivity index (χ4n) is 1.97. The highest BCUT2D eigenvalue weighted by Gasteiger charge is 2.21. The molecule has 5 nitrogen and oxygen atoms in total. The number of ether oxygens (including phenoxy) is 1. The highest BCUT2D eigenvalue weighted by Crippen LogP contribution is 2.32. The summed E-state index contributed by atoms with van der Waals surface area (Å²) in [5.74, 6) is 3.32. The number of hydrogen-bond acceptors (Lipinski definition) is 6. The first-order valence-electron chi connectivity index (χ1n) is 5.40. The molecule has 1 saturated heterocycles. The van der Waals surface area contributed by atoms with Crippen LogP contribution in [0.25, 0.3) is 0 Å². The van der Waals surface area contributed by atoms with Crippen molar-refractivity contribution in [3.05, 3.63) is 11.3 Å². The number of nitrogens with two attached hydrogens (primary N) is 1. The minimum atomic E-state index is 0.650. The van der Waals surface area contributed by atoms with Crippen molar-refractivity contribution in [3.63, 3.8) is 0 Å². The molecule has 0 bridgehead atoms. The number of nitrogen functional groups attached to an aromatic ring is 1. The number of rotatable bonds is 1. The molecule has 1 fully saturated rings. The molecule has 3 heterocycles. The fraction of sp³-hybridized carbons (Fsp3) is 0.600. The fourth-order valence-corrected chi connectivity index (χ4v) is 3.02.